The van der Waals surface area contributed by atoms with Gasteiger partial charge >= 0.3 is 0 Å². The number of nitrogens with one attached hydrogen (secondary N) is 2. The fourth-order valence-electron chi connectivity index (χ4n) is 3.97. The molecule has 2 saturated heterocycles. The molecule has 1 aromatic carbocycles. The van der Waals surface area contributed by atoms with Crippen LogP contribution in [0.2, 0.25) is 0 Å². The number of carbonyl (C=O) groups excluding carboxylic acids is 2. The Bertz CT molecular complexity index is 724. The molecule has 0 spiro atoms. The van der Waals surface area contributed by atoms with Crippen molar-refractivity contribution in [3.8, 4) is 0 Å². The molecule has 1 unspecified atom stereocenters. The number of carbonyl (C=O) groups is 2. The van der Waals surface area contributed by atoms with E-state index >= 15 is 0 Å². The summed E-state index contributed by atoms with van der Waals surface area (Å²) in [4.78, 5) is 35.9. The molecule has 0 aromatic heterocycles. The summed E-state index contributed by atoms with van der Waals surface area (Å²) in [6.07, 6.45) is 2.24. The van der Waals surface area contributed by atoms with Crippen LogP contribution in [0.1, 0.15) is 26.7 Å². The van der Waals surface area contributed by atoms with Crippen LogP contribution in [0.3, 0.4) is 0 Å². The number of nitrogens with zero attached hydrogens (tertiary/aromatic N) is 4. The van der Waals surface area contributed by atoms with Crippen molar-refractivity contribution in [3.63, 3.8) is 0 Å². The van der Waals surface area contributed by atoms with Gasteiger partial charge in [0.25, 0.3) is 0 Å². The average Bonchev–Trinajstić information content (AvgIpc) is 3.31. The molecule has 164 valence electrons. The van der Waals surface area contributed by atoms with Crippen molar-refractivity contribution in [2.45, 2.75) is 32.7 Å². The summed E-state index contributed by atoms with van der Waals surface area (Å²) in [6.45, 7) is 9.81. The number of anilines is 1. The van der Waals surface area contributed by atoms with Gasteiger partial charge in [0.15, 0.2) is 5.96 Å². The van der Waals surface area contributed by atoms with Gasteiger partial charge in [-0.2, -0.15) is 0 Å². The third-order valence-corrected chi connectivity index (χ3v) is 5.70. The van der Waals surface area contributed by atoms with Crippen LogP contribution in [0.5, 0.6) is 0 Å². The highest BCUT2D eigenvalue weighted by Crippen LogP contribution is 2.14. The Morgan fingerprint density at radius 3 is 2.30 bits per heavy atom. The minimum absolute atomic E-state index is 0.0707. The van der Waals surface area contributed by atoms with E-state index in [1.165, 1.54) is 0 Å². The van der Waals surface area contributed by atoms with Crippen LogP contribution < -0.4 is 10.6 Å². The molecule has 0 aliphatic carbocycles. The molecule has 2 heterocycles. The first-order valence-corrected chi connectivity index (χ1v) is 11.0. The van der Waals surface area contributed by atoms with E-state index in [-0.39, 0.29) is 24.4 Å². The first kappa shape index (κ1) is 22.1. The highest BCUT2D eigenvalue weighted by Gasteiger charge is 2.30. The number of benzene rings is 1. The van der Waals surface area contributed by atoms with Gasteiger partial charge in [-0.15, -0.1) is 0 Å². The van der Waals surface area contributed by atoms with Gasteiger partial charge in [-0.25, -0.2) is 4.99 Å². The summed E-state index contributed by atoms with van der Waals surface area (Å²) in [5, 5.41) is 6.15. The van der Waals surface area contributed by atoms with E-state index in [2.05, 4.69) is 25.4 Å². The second kappa shape index (κ2) is 11.0. The lowest BCUT2D eigenvalue weighted by Crippen LogP contribution is -2.57. The quantitative estimate of drug-likeness (QED) is 0.540. The summed E-state index contributed by atoms with van der Waals surface area (Å²) in [5.74, 6) is 0.859. The zero-order valence-electron chi connectivity index (χ0n) is 18.1. The number of aliphatic imine (C=N–C) groups is 1. The number of guanidine groups is 1. The van der Waals surface area contributed by atoms with Gasteiger partial charge in [0.2, 0.25) is 11.8 Å². The van der Waals surface area contributed by atoms with E-state index in [4.69, 9.17) is 0 Å². The summed E-state index contributed by atoms with van der Waals surface area (Å²) in [6, 6.07) is 9.32. The molecule has 2 N–H and O–H groups in total. The molecule has 3 rings (SSSR count). The highest BCUT2D eigenvalue weighted by atomic mass is 16.2. The third kappa shape index (κ3) is 5.95. The van der Waals surface area contributed by atoms with Crippen LogP contribution in [-0.4, -0.2) is 90.9 Å². The zero-order valence-corrected chi connectivity index (χ0v) is 18.1. The van der Waals surface area contributed by atoms with Crippen LogP contribution in [0.25, 0.3) is 0 Å². The molecular formula is C22H34N6O2. The molecule has 2 amide bonds. The number of amides is 2. The van der Waals surface area contributed by atoms with E-state index in [1.807, 2.05) is 49.1 Å². The Balaban J connectivity index is 1.51. The van der Waals surface area contributed by atoms with E-state index in [9.17, 15) is 9.59 Å². The van der Waals surface area contributed by atoms with Crippen LogP contribution in [0, 0.1) is 0 Å². The number of hydrogen-bond donors (Lipinski definition) is 2. The highest BCUT2D eigenvalue weighted by molar-refractivity contribution is 5.94. The lowest BCUT2D eigenvalue weighted by molar-refractivity contribution is -0.135. The van der Waals surface area contributed by atoms with E-state index in [0.29, 0.717) is 0 Å². The largest absolute Gasteiger partial charge is 0.357 e. The topological polar surface area (TPSA) is 80.3 Å². The number of hydrogen-bond acceptors (Lipinski definition) is 4. The normalized spacial score (nSPS) is 18.9. The van der Waals surface area contributed by atoms with Crippen molar-refractivity contribution in [1.82, 2.24) is 20.0 Å². The van der Waals surface area contributed by atoms with Crippen LogP contribution >= 0.6 is 0 Å². The monoisotopic (exact) mass is 414 g/mol. The molecule has 1 aromatic rings. The maximum absolute atomic E-state index is 12.7. The molecule has 0 bridgehead atoms. The molecule has 0 saturated carbocycles. The van der Waals surface area contributed by atoms with Crippen molar-refractivity contribution >= 4 is 23.5 Å². The molecule has 30 heavy (non-hydrogen) atoms. The molecule has 1 atom stereocenters. The number of para-hydroxylation sites is 1. The fourth-order valence-corrected chi connectivity index (χ4v) is 3.97. The molecule has 2 fully saturated rings. The molecule has 2 aliphatic heterocycles. The SMILES string of the molecule is CCNC(=NCC(=O)Nc1ccccc1)N1CCN(C(C)C(=O)N2CCCC2)CC1. The van der Waals surface area contributed by atoms with Crippen LogP contribution in [0.15, 0.2) is 35.3 Å². The summed E-state index contributed by atoms with van der Waals surface area (Å²) >= 11 is 0. The van der Waals surface area contributed by atoms with Gasteiger partial charge in [-0.3, -0.25) is 14.5 Å². The molecule has 8 nitrogen and oxygen atoms in total. The smallest absolute Gasteiger partial charge is 0.246 e. The van der Waals surface area contributed by atoms with Gasteiger partial charge in [-0.05, 0) is 38.8 Å². The predicted molar refractivity (Wildman–Crippen MR) is 119 cm³/mol. The van der Waals surface area contributed by atoms with Gasteiger partial charge in [0, 0.05) is 51.5 Å². The number of likely N-dealkylation sites (tertiary alicyclic amines) is 1. The van der Waals surface area contributed by atoms with Crippen LogP contribution in [0.4, 0.5) is 5.69 Å². The Kier molecular flexibility index (Phi) is 8.07. The van der Waals surface area contributed by atoms with Gasteiger partial charge < -0.3 is 20.4 Å². The molecule has 0 radical (unpaired) electrons. The first-order chi connectivity index (χ1) is 14.6. The maximum Gasteiger partial charge on any atom is 0.246 e. The maximum atomic E-state index is 12.7. The molecular weight excluding hydrogens is 380 g/mol. The Labute approximate surface area is 179 Å². The van der Waals surface area contributed by atoms with Gasteiger partial charge in [-0.1, -0.05) is 18.2 Å². The third-order valence-electron chi connectivity index (χ3n) is 5.70. The lowest BCUT2D eigenvalue weighted by atomic mass is 10.2. The average molecular weight is 415 g/mol. The van der Waals surface area contributed by atoms with Gasteiger partial charge in [0.05, 0.1) is 6.04 Å². The fraction of sp³-hybridized carbons (Fsp3) is 0.591. The summed E-state index contributed by atoms with van der Waals surface area (Å²) < 4.78 is 0. The van der Waals surface area contributed by atoms with Crippen LogP contribution in [-0.2, 0) is 9.59 Å². The second-order valence-corrected chi connectivity index (χ2v) is 7.82. The minimum atomic E-state index is -0.139. The molecule has 8 heteroatoms. The molecule has 2 aliphatic rings. The van der Waals surface area contributed by atoms with Crippen molar-refractivity contribution in [2.75, 3.05) is 57.7 Å². The van der Waals surface area contributed by atoms with E-state index in [0.717, 1.165) is 70.3 Å². The van der Waals surface area contributed by atoms with E-state index < -0.39 is 0 Å². The van der Waals surface area contributed by atoms with Gasteiger partial charge in [0.1, 0.15) is 6.54 Å². The summed E-state index contributed by atoms with van der Waals surface area (Å²) in [5.41, 5.74) is 0.771. The Morgan fingerprint density at radius 2 is 1.67 bits per heavy atom. The van der Waals surface area contributed by atoms with Crippen molar-refractivity contribution in [2.24, 2.45) is 4.99 Å². The Morgan fingerprint density at radius 1 is 1.00 bits per heavy atom. The first-order valence-electron chi connectivity index (χ1n) is 11.0. The van der Waals surface area contributed by atoms with Crippen molar-refractivity contribution < 1.29 is 9.59 Å². The lowest BCUT2D eigenvalue weighted by Gasteiger charge is -2.39. The van der Waals surface area contributed by atoms with Crippen molar-refractivity contribution in [1.29, 1.82) is 0 Å². The Hall–Kier alpha value is -2.61. The standard InChI is InChI=1S/C22H34N6O2/c1-3-23-22(24-17-20(29)25-19-9-5-4-6-10-19)28-15-13-26(14-16-28)18(2)21(30)27-11-7-8-12-27/h4-6,9-10,18H,3,7-8,11-17H2,1-2H3,(H,23,24)(H,25,29). The number of piperazine rings is 1. The summed E-state index contributed by atoms with van der Waals surface area (Å²) in [7, 11) is 0. The minimum Gasteiger partial charge on any atom is -0.357 e. The van der Waals surface area contributed by atoms with Crippen molar-refractivity contribution in [3.05, 3.63) is 30.3 Å². The zero-order chi connectivity index (χ0) is 21.3. The number of rotatable bonds is 6. The second-order valence-electron chi connectivity index (χ2n) is 7.82. The van der Waals surface area contributed by atoms with E-state index in [1.54, 1.807) is 0 Å². The predicted octanol–water partition coefficient (Wildman–Crippen LogP) is 1.22.